The molecule has 1 fully saturated rings. The van der Waals surface area contributed by atoms with Crippen LogP contribution >= 0.6 is 0 Å². The highest BCUT2D eigenvalue weighted by Gasteiger charge is 2.42. The Bertz CT molecular complexity index is 639. The molecule has 21 heavy (non-hydrogen) atoms. The number of piperidine rings is 1. The van der Waals surface area contributed by atoms with E-state index < -0.39 is 22.1 Å². The third kappa shape index (κ3) is 3.36. The number of nitriles is 1. The second-order valence-corrected chi connectivity index (χ2v) is 6.79. The molecule has 1 aliphatic heterocycles. The summed E-state index contributed by atoms with van der Waals surface area (Å²) in [5, 5.41) is 8.67. The number of benzene rings is 1. The lowest BCUT2D eigenvalue weighted by molar-refractivity contribution is -0.182. The van der Waals surface area contributed by atoms with Crippen LogP contribution < -0.4 is 0 Å². The highest BCUT2D eigenvalue weighted by molar-refractivity contribution is 7.89. The molecule has 0 unspecified atom stereocenters. The summed E-state index contributed by atoms with van der Waals surface area (Å²) in [7, 11) is -3.80. The minimum Gasteiger partial charge on any atom is -0.207 e. The van der Waals surface area contributed by atoms with Gasteiger partial charge in [-0.25, -0.2) is 8.42 Å². The zero-order valence-corrected chi connectivity index (χ0v) is 11.8. The van der Waals surface area contributed by atoms with Crippen LogP contribution in [0.2, 0.25) is 0 Å². The lowest BCUT2D eigenvalue weighted by Crippen LogP contribution is -2.42. The largest absolute Gasteiger partial charge is 0.391 e. The SMILES string of the molecule is N#Cc1ccc(S(=O)(=O)N2CCC(C(F)(F)F)CC2)cc1. The van der Waals surface area contributed by atoms with Crippen LogP contribution in [0.25, 0.3) is 0 Å². The van der Waals surface area contributed by atoms with E-state index in [0.29, 0.717) is 5.56 Å². The summed E-state index contributed by atoms with van der Waals surface area (Å²) in [4.78, 5) is -0.00745. The Morgan fingerprint density at radius 3 is 2.10 bits per heavy atom. The summed E-state index contributed by atoms with van der Waals surface area (Å²) in [6, 6.07) is 7.21. The molecule has 0 atom stereocenters. The van der Waals surface area contributed by atoms with E-state index in [4.69, 9.17) is 5.26 Å². The van der Waals surface area contributed by atoms with Crippen LogP contribution in [0.1, 0.15) is 18.4 Å². The van der Waals surface area contributed by atoms with Crippen LogP contribution in [0.15, 0.2) is 29.2 Å². The number of sulfonamides is 1. The second-order valence-electron chi connectivity index (χ2n) is 4.86. The van der Waals surface area contributed by atoms with Gasteiger partial charge in [0.25, 0.3) is 0 Å². The van der Waals surface area contributed by atoms with Crippen molar-refractivity contribution in [3.05, 3.63) is 29.8 Å². The molecule has 1 saturated heterocycles. The van der Waals surface area contributed by atoms with E-state index in [1.165, 1.54) is 24.3 Å². The first-order valence-electron chi connectivity index (χ1n) is 6.32. The fourth-order valence-electron chi connectivity index (χ4n) is 2.27. The van der Waals surface area contributed by atoms with Gasteiger partial charge < -0.3 is 0 Å². The van der Waals surface area contributed by atoms with Crippen molar-refractivity contribution < 1.29 is 21.6 Å². The van der Waals surface area contributed by atoms with Crippen LogP contribution in [0.4, 0.5) is 13.2 Å². The Kier molecular flexibility index (Phi) is 4.25. The van der Waals surface area contributed by atoms with Gasteiger partial charge in [-0.2, -0.15) is 22.7 Å². The van der Waals surface area contributed by atoms with Crippen LogP contribution in [0.3, 0.4) is 0 Å². The summed E-state index contributed by atoms with van der Waals surface area (Å²) >= 11 is 0. The molecule has 0 saturated carbocycles. The summed E-state index contributed by atoms with van der Waals surface area (Å²) in [5.41, 5.74) is 0.324. The summed E-state index contributed by atoms with van der Waals surface area (Å²) in [5.74, 6) is -1.44. The lowest BCUT2D eigenvalue weighted by Gasteiger charge is -2.32. The van der Waals surface area contributed by atoms with Gasteiger partial charge in [0.15, 0.2) is 0 Å². The van der Waals surface area contributed by atoms with E-state index in [0.717, 1.165) is 4.31 Å². The average Bonchev–Trinajstić information content (AvgIpc) is 2.46. The van der Waals surface area contributed by atoms with Crippen LogP contribution in [-0.2, 0) is 10.0 Å². The second kappa shape index (κ2) is 5.66. The Balaban J connectivity index is 2.13. The third-order valence-electron chi connectivity index (χ3n) is 3.54. The van der Waals surface area contributed by atoms with E-state index >= 15 is 0 Å². The molecule has 114 valence electrons. The van der Waals surface area contributed by atoms with E-state index in [1.54, 1.807) is 0 Å². The van der Waals surface area contributed by atoms with Gasteiger partial charge in [0.2, 0.25) is 10.0 Å². The van der Waals surface area contributed by atoms with Gasteiger partial charge in [0, 0.05) is 13.1 Å². The predicted octanol–water partition coefficient (Wildman–Crippen LogP) is 2.52. The maximum atomic E-state index is 12.6. The predicted molar refractivity (Wildman–Crippen MR) is 68.7 cm³/mol. The molecule has 4 nitrogen and oxygen atoms in total. The van der Waals surface area contributed by atoms with Gasteiger partial charge in [0.05, 0.1) is 22.4 Å². The Hall–Kier alpha value is -1.59. The van der Waals surface area contributed by atoms with E-state index in [2.05, 4.69) is 0 Å². The van der Waals surface area contributed by atoms with Crippen molar-refractivity contribution in [1.29, 1.82) is 5.26 Å². The first kappa shape index (κ1) is 15.8. The topological polar surface area (TPSA) is 61.2 Å². The number of hydrogen-bond acceptors (Lipinski definition) is 3. The van der Waals surface area contributed by atoms with Crippen LogP contribution in [-0.4, -0.2) is 32.0 Å². The maximum absolute atomic E-state index is 12.6. The van der Waals surface area contributed by atoms with Gasteiger partial charge in [-0.05, 0) is 37.1 Å². The molecular formula is C13H13F3N2O2S. The molecule has 0 spiro atoms. The summed E-state index contributed by atoms with van der Waals surface area (Å²) in [6.45, 7) is -0.293. The van der Waals surface area contributed by atoms with Gasteiger partial charge in [-0.3, -0.25) is 0 Å². The van der Waals surface area contributed by atoms with Crippen molar-refractivity contribution in [3.63, 3.8) is 0 Å². The van der Waals surface area contributed by atoms with Gasteiger partial charge in [0.1, 0.15) is 0 Å². The molecule has 2 rings (SSSR count). The molecule has 1 aromatic rings. The number of rotatable bonds is 2. The van der Waals surface area contributed by atoms with E-state index in [1.807, 2.05) is 6.07 Å². The third-order valence-corrected chi connectivity index (χ3v) is 5.45. The number of hydrogen-bond donors (Lipinski definition) is 0. The monoisotopic (exact) mass is 318 g/mol. The van der Waals surface area contributed by atoms with Crippen molar-refractivity contribution in [2.45, 2.75) is 23.9 Å². The standard InChI is InChI=1S/C13H13F3N2O2S/c14-13(15,16)11-5-7-18(8-6-11)21(19,20)12-3-1-10(9-17)2-4-12/h1-4,11H,5-8H2. The first-order valence-corrected chi connectivity index (χ1v) is 7.76. The molecule has 1 heterocycles. The quantitative estimate of drug-likeness (QED) is 0.842. The molecule has 1 aromatic carbocycles. The fraction of sp³-hybridized carbons (Fsp3) is 0.462. The first-order chi connectivity index (χ1) is 9.75. The van der Waals surface area contributed by atoms with Gasteiger partial charge in [-0.15, -0.1) is 0 Å². The van der Waals surface area contributed by atoms with Crippen molar-refractivity contribution >= 4 is 10.0 Å². The van der Waals surface area contributed by atoms with E-state index in [-0.39, 0.29) is 30.8 Å². The summed E-state index contributed by atoms with van der Waals surface area (Å²) in [6.07, 6.45) is -4.72. The zero-order chi connectivity index (χ0) is 15.7. The minimum absolute atomic E-state index is 0.00745. The smallest absolute Gasteiger partial charge is 0.207 e. The normalized spacial score (nSPS) is 18.4. The molecule has 8 heteroatoms. The molecule has 0 radical (unpaired) electrons. The number of nitrogens with zero attached hydrogens (tertiary/aromatic N) is 2. The van der Waals surface area contributed by atoms with Crippen molar-refractivity contribution in [3.8, 4) is 6.07 Å². The van der Waals surface area contributed by atoms with Crippen molar-refractivity contribution in [2.24, 2.45) is 5.92 Å². The number of alkyl halides is 3. The molecular weight excluding hydrogens is 305 g/mol. The van der Waals surface area contributed by atoms with Crippen LogP contribution in [0, 0.1) is 17.2 Å². The molecule has 0 bridgehead atoms. The Morgan fingerprint density at radius 2 is 1.67 bits per heavy atom. The van der Waals surface area contributed by atoms with E-state index in [9.17, 15) is 21.6 Å². The minimum atomic E-state index is -4.27. The van der Waals surface area contributed by atoms with Crippen LogP contribution in [0.5, 0.6) is 0 Å². The molecule has 0 amide bonds. The fourth-order valence-corrected chi connectivity index (χ4v) is 3.74. The van der Waals surface area contributed by atoms with Gasteiger partial charge in [-0.1, -0.05) is 0 Å². The lowest BCUT2D eigenvalue weighted by atomic mass is 9.98. The summed E-state index contributed by atoms with van der Waals surface area (Å²) < 4.78 is 63.4. The highest BCUT2D eigenvalue weighted by Crippen LogP contribution is 2.35. The molecule has 0 N–H and O–H groups in total. The molecule has 0 aliphatic carbocycles. The van der Waals surface area contributed by atoms with Crippen molar-refractivity contribution in [1.82, 2.24) is 4.31 Å². The average molecular weight is 318 g/mol. The maximum Gasteiger partial charge on any atom is 0.391 e. The highest BCUT2D eigenvalue weighted by atomic mass is 32.2. The van der Waals surface area contributed by atoms with Crippen molar-refractivity contribution in [2.75, 3.05) is 13.1 Å². The number of halogens is 3. The Labute approximate surface area is 120 Å². The Morgan fingerprint density at radius 1 is 1.14 bits per heavy atom. The van der Waals surface area contributed by atoms with Gasteiger partial charge >= 0.3 is 6.18 Å². The molecule has 1 aliphatic rings. The zero-order valence-electron chi connectivity index (χ0n) is 11.0. The molecule has 0 aromatic heterocycles.